The van der Waals surface area contributed by atoms with Crippen molar-refractivity contribution in [3.05, 3.63) is 65.2 Å². The van der Waals surface area contributed by atoms with E-state index in [4.69, 9.17) is 4.74 Å². The quantitative estimate of drug-likeness (QED) is 0.585. The molecular formula is C31H44N4O2. The maximum atomic E-state index is 12.4. The average Bonchev–Trinajstić information content (AvgIpc) is 2.87. The van der Waals surface area contributed by atoms with Crippen molar-refractivity contribution in [2.45, 2.75) is 65.3 Å². The highest BCUT2D eigenvalue weighted by Crippen LogP contribution is 2.30. The van der Waals surface area contributed by atoms with Gasteiger partial charge < -0.3 is 14.5 Å². The first-order valence-corrected chi connectivity index (χ1v) is 14.1. The number of rotatable bonds is 4. The summed E-state index contributed by atoms with van der Waals surface area (Å²) in [4.78, 5) is 22.1. The van der Waals surface area contributed by atoms with E-state index in [0.717, 1.165) is 51.6 Å². The highest BCUT2D eigenvalue weighted by atomic mass is 16.6. The van der Waals surface area contributed by atoms with Crippen LogP contribution < -0.4 is 4.90 Å². The Morgan fingerprint density at radius 2 is 1.70 bits per heavy atom. The van der Waals surface area contributed by atoms with Gasteiger partial charge in [0.05, 0.1) is 0 Å². The van der Waals surface area contributed by atoms with E-state index in [-0.39, 0.29) is 6.09 Å². The lowest BCUT2D eigenvalue weighted by atomic mass is 9.91. The molecule has 1 amide bonds. The van der Waals surface area contributed by atoms with Crippen LogP contribution in [-0.2, 0) is 24.2 Å². The molecule has 0 saturated carbocycles. The first kappa shape index (κ1) is 26.1. The first-order chi connectivity index (χ1) is 17.7. The van der Waals surface area contributed by atoms with E-state index in [1.165, 1.54) is 35.3 Å². The molecule has 200 valence electrons. The second kappa shape index (κ2) is 11.0. The van der Waals surface area contributed by atoms with E-state index in [2.05, 4.69) is 70.2 Å². The number of hydrogen-bond donors (Lipinski definition) is 0. The van der Waals surface area contributed by atoms with E-state index < -0.39 is 5.60 Å². The summed E-state index contributed by atoms with van der Waals surface area (Å²) < 4.78 is 5.56. The molecule has 37 heavy (non-hydrogen) atoms. The summed E-state index contributed by atoms with van der Waals surface area (Å²) in [5.74, 6) is 0.727. The van der Waals surface area contributed by atoms with Gasteiger partial charge in [0.25, 0.3) is 0 Å². The van der Waals surface area contributed by atoms with Gasteiger partial charge in [-0.05, 0) is 68.4 Å². The van der Waals surface area contributed by atoms with E-state index in [1.54, 1.807) is 0 Å². The van der Waals surface area contributed by atoms with E-state index >= 15 is 0 Å². The SMILES string of the molecule is C[C@H]1C[C@@H](N2CCc3cc(N4CCN(C(=O)OC(C)(C)C)CC4)ccc3C2)CN(Cc2ccccc2)C1. The summed E-state index contributed by atoms with van der Waals surface area (Å²) in [7, 11) is 0. The van der Waals surface area contributed by atoms with E-state index in [0.29, 0.717) is 19.1 Å². The Bertz CT molecular complexity index is 1060. The molecule has 0 aromatic heterocycles. The fraction of sp³-hybridized carbons (Fsp3) is 0.581. The van der Waals surface area contributed by atoms with Crippen molar-refractivity contribution >= 4 is 11.8 Å². The van der Waals surface area contributed by atoms with Crippen LogP contribution in [0.4, 0.5) is 10.5 Å². The van der Waals surface area contributed by atoms with Gasteiger partial charge in [0.2, 0.25) is 0 Å². The fourth-order valence-electron chi connectivity index (χ4n) is 6.21. The van der Waals surface area contributed by atoms with Gasteiger partial charge in [-0.1, -0.05) is 43.3 Å². The van der Waals surface area contributed by atoms with Gasteiger partial charge in [-0.25, -0.2) is 4.79 Å². The zero-order valence-electron chi connectivity index (χ0n) is 23.2. The molecule has 3 aliphatic heterocycles. The van der Waals surface area contributed by atoms with Crippen LogP contribution >= 0.6 is 0 Å². The van der Waals surface area contributed by atoms with Crippen LogP contribution in [0, 0.1) is 5.92 Å². The standard InChI is InChI=1S/C31H44N4O2/c1-24-18-29(23-32(20-24)21-25-8-6-5-7-9-25)35-13-12-26-19-28(11-10-27(26)22-35)33-14-16-34(17-15-33)30(36)37-31(2,3)4/h5-11,19,24,29H,12-18,20-23H2,1-4H3/t24-,29+/m0/s1. The minimum absolute atomic E-state index is 0.197. The smallest absolute Gasteiger partial charge is 0.410 e. The van der Waals surface area contributed by atoms with Crippen LogP contribution in [0.2, 0.25) is 0 Å². The van der Waals surface area contributed by atoms with Gasteiger partial charge >= 0.3 is 6.09 Å². The third-order valence-electron chi connectivity index (χ3n) is 8.01. The second-order valence-corrected chi connectivity index (χ2v) is 12.3. The molecule has 0 bridgehead atoms. The number of benzene rings is 2. The molecule has 2 saturated heterocycles. The molecule has 5 rings (SSSR count). The van der Waals surface area contributed by atoms with Crippen LogP contribution in [0.15, 0.2) is 48.5 Å². The maximum absolute atomic E-state index is 12.4. The molecule has 6 nitrogen and oxygen atoms in total. The monoisotopic (exact) mass is 504 g/mol. The van der Waals surface area contributed by atoms with Crippen molar-refractivity contribution in [2.24, 2.45) is 5.92 Å². The molecule has 3 aliphatic rings. The summed E-state index contributed by atoms with van der Waals surface area (Å²) in [6.07, 6.45) is 2.21. The number of amides is 1. The van der Waals surface area contributed by atoms with Crippen molar-refractivity contribution in [1.82, 2.24) is 14.7 Å². The zero-order valence-corrected chi connectivity index (χ0v) is 23.2. The molecule has 0 unspecified atom stereocenters. The number of carbonyl (C=O) groups is 1. The molecule has 2 fully saturated rings. The predicted molar refractivity (Wildman–Crippen MR) is 150 cm³/mol. The van der Waals surface area contributed by atoms with Gasteiger partial charge in [0.1, 0.15) is 5.60 Å². The summed E-state index contributed by atoms with van der Waals surface area (Å²) in [5, 5.41) is 0. The van der Waals surface area contributed by atoms with E-state index in [1.807, 2.05) is 25.7 Å². The van der Waals surface area contributed by atoms with Gasteiger partial charge in [-0.2, -0.15) is 0 Å². The van der Waals surface area contributed by atoms with Crippen LogP contribution in [0.3, 0.4) is 0 Å². The van der Waals surface area contributed by atoms with Crippen molar-refractivity contribution in [3.8, 4) is 0 Å². The Morgan fingerprint density at radius 1 is 0.946 bits per heavy atom. The zero-order chi connectivity index (χ0) is 26.0. The van der Waals surface area contributed by atoms with Crippen LogP contribution in [-0.4, -0.2) is 78.2 Å². The Morgan fingerprint density at radius 3 is 2.43 bits per heavy atom. The third-order valence-corrected chi connectivity index (χ3v) is 8.01. The number of piperidine rings is 1. The number of nitrogens with zero attached hydrogens (tertiary/aromatic N) is 4. The number of anilines is 1. The van der Waals surface area contributed by atoms with Crippen LogP contribution in [0.25, 0.3) is 0 Å². The first-order valence-electron chi connectivity index (χ1n) is 14.1. The number of likely N-dealkylation sites (tertiary alicyclic amines) is 1. The Kier molecular flexibility index (Phi) is 7.77. The topological polar surface area (TPSA) is 39.3 Å². The summed E-state index contributed by atoms with van der Waals surface area (Å²) in [5.41, 5.74) is 5.23. The van der Waals surface area contributed by atoms with Gasteiger partial charge in [-0.15, -0.1) is 0 Å². The van der Waals surface area contributed by atoms with Gasteiger partial charge in [-0.3, -0.25) is 9.80 Å². The maximum Gasteiger partial charge on any atom is 0.410 e. The van der Waals surface area contributed by atoms with Crippen molar-refractivity contribution in [2.75, 3.05) is 50.7 Å². The molecule has 0 spiro atoms. The molecule has 0 aliphatic carbocycles. The molecule has 6 heteroatoms. The molecule has 2 atom stereocenters. The number of fused-ring (bicyclic) bond motifs is 1. The molecular weight excluding hydrogens is 460 g/mol. The minimum Gasteiger partial charge on any atom is -0.444 e. The predicted octanol–water partition coefficient (Wildman–Crippen LogP) is 5.01. The normalized spacial score (nSPS) is 23.6. The molecule has 2 aromatic carbocycles. The molecule has 0 radical (unpaired) electrons. The lowest BCUT2D eigenvalue weighted by molar-refractivity contribution is 0.0240. The summed E-state index contributed by atoms with van der Waals surface area (Å²) >= 11 is 0. The van der Waals surface area contributed by atoms with Gasteiger partial charge in [0, 0.05) is 70.6 Å². The van der Waals surface area contributed by atoms with Crippen LogP contribution in [0.5, 0.6) is 0 Å². The highest BCUT2D eigenvalue weighted by Gasteiger charge is 2.31. The number of piperazine rings is 1. The molecule has 2 aromatic rings. The van der Waals surface area contributed by atoms with Crippen molar-refractivity contribution in [3.63, 3.8) is 0 Å². The summed E-state index contributed by atoms with van der Waals surface area (Å²) in [6, 6.07) is 18.6. The van der Waals surface area contributed by atoms with E-state index in [9.17, 15) is 4.79 Å². The lowest BCUT2D eigenvalue weighted by Gasteiger charge is -2.44. The number of carbonyl (C=O) groups excluding carboxylic acids is 1. The third kappa shape index (κ3) is 6.66. The van der Waals surface area contributed by atoms with Gasteiger partial charge in [0.15, 0.2) is 0 Å². The fourth-order valence-corrected chi connectivity index (χ4v) is 6.21. The van der Waals surface area contributed by atoms with Crippen molar-refractivity contribution in [1.29, 1.82) is 0 Å². The molecule has 3 heterocycles. The Hall–Kier alpha value is -2.57. The highest BCUT2D eigenvalue weighted by molar-refractivity contribution is 5.68. The number of hydrogen-bond acceptors (Lipinski definition) is 5. The largest absolute Gasteiger partial charge is 0.444 e. The lowest BCUT2D eigenvalue weighted by Crippen LogP contribution is -2.51. The van der Waals surface area contributed by atoms with Crippen LogP contribution in [0.1, 0.15) is 50.8 Å². The average molecular weight is 505 g/mol. The summed E-state index contributed by atoms with van der Waals surface area (Å²) in [6.45, 7) is 16.9. The number of ether oxygens (including phenoxy) is 1. The molecule has 0 N–H and O–H groups in total. The Labute approximate surface area is 223 Å². The van der Waals surface area contributed by atoms with Crippen molar-refractivity contribution < 1.29 is 9.53 Å². The Balaban J connectivity index is 1.17. The minimum atomic E-state index is -0.448. The second-order valence-electron chi connectivity index (χ2n) is 12.3.